The first-order valence-corrected chi connectivity index (χ1v) is 13.0. The van der Waals surface area contributed by atoms with Crippen LogP contribution in [-0.2, 0) is 0 Å². The SMILES string of the molecule is C(=Cc1cccs1)c1ccc2c(c1)sc1c3ccc(C=Cc4cccs4)cc3sc21. The van der Waals surface area contributed by atoms with Crippen LogP contribution >= 0.6 is 45.3 Å². The van der Waals surface area contributed by atoms with Gasteiger partial charge in [-0.1, -0.05) is 48.6 Å². The highest BCUT2D eigenvalue weighted by atomic mass is 32.1. The van der Waals surface area contributed by atoms with E-state index in [1.165, 1.54) is 50.5 Å². The molecule has 0 bridgehead atoms. The second kappa shape index (κ2) is 7.64. The lowest BCUT2D eigenvalue weighted by atomic mass is 10.1. The maximum absolute atomic E-state index is 2.32. The van der Waals surface area contributed by atoms with Crippen molar-refractivity contribution in [3.05, 3.63) is 92.3 Å². The Morgan fingerprint density at radius 2 is 1.03 bits per heavy atom. The van der Waals surface area contributed by atoms with Crippen molar-refractivity contribution in [3.63, 3.8) is 0 Å². The molecular formula is C26H16S4. The number of hydrogen-bond acceptors (Lipinski definition) is 4. The number of hydrogen-bond donors (Lipinski definition) is 0. The van der Waals surface area contributed by atoms with E-state index in [-0.39, 0.29) is 0 Å². The maximum atomic E-state index is 2.32. The van der Waals surface area contributed by atoms with Gasteiger partial charge in [0.05, 0.1) is 9.40 Å². The minimum Gasteiger partial charge on any atom is -0.144 e. The monoisotopic (exact) mass is 456 g/mol. The van der Waals surface area contributed by atoms with Gasteiger partial charge in [-0.05, 0) is 58.3 Å². The molecule has 0 unspecified atom stereocenters. The van der Waals surface area contributed by atoms with Crippen molar-refractivity contribution < 1.29 is 0 Å². The Kier molecular flexibility index (Phi) is 4.65. The molecule has 30 heavy (non-hydrogen) atoms. The van der Waals surface area contributed by atoms with E-state index in [2.05, 4.69) is 95.7 Å². The number of rotatable bonds is 4. The molecule has 0 amide bonds. The van der Waals surface area contributed by atoms with E-state index in [1.807, 2.05) is 22.7 Å². The summed E-state index contributed by atoms with van der Waals surface area (Å²) in [5.74, 6) is 0. The molecule has 0 aliphatic carbocycles. The van der Waals surface area contributed by atoms with Gasteiger partial charge in [0.25, 0.3) is 0 Å². The summed E-state index contributed by atoms with van der Waals surface area (Å²) in [7, 11) is 0. The average molecular weight is 457 g/mol. The average Bonchev–Trinajstić information content (AvgIpc) is 3.55. The minimum absolute atomic E-state index is 1.26. The summed E-state index contributed by atoms with van der Waals surface area (Å²) >= 11 is 7.37. The predicted octanol–water partition coefficient (Wildman–Crippen LogP) is 9.73. The van der Waals surface area contributed by atoms with Crippen molar-refractivity contribution in [3.8, 4) is 0 Å². The Bertz CT molecular complexity index is 1400. The molecule has 0 radical (unpaired) electrons. The molecule has 0 saturated carbocycles. The molecule has 0 nitrogen and oxygen atoms in total. The van der Waals surface area contributed by atoms with Crippen LogP contribution in [0, 0.1) is 0 Å². The molecular weight excluding hydrogens is 441 g/mol. The van der Waals surface area contributed by atoms with Gasteiger partial charge in [-0.2, -0.15) is 0 Å². The van der Waals surface area contributed by atoms with Gasteiger partial charge in [0.1, 0.15) is 0 Å². The Hall–Kier alpha value is -2.50. The lowest BCUT2D eigenvalue weighted by Crippen LogP contribution is -1.71. The van der Waals surface area contributed by atoms with E-state index in [0.717, 1.165) is 0 Å². The smallest absolute Gasteiger partial charge is 0.0542 e. The predicted molar refractivity (Wildman–Crippen MR) is 141 cm³/mol. The maximum Gasteiger partial charge on any atom is 0.0542 e. The first-order chi connectivity index (χ1) is 14.8. The standard InChI is InChI=1S/C26H16S4/c1-3-19(27-13-1)9-5-17-7-11-21-23(15-17)29-26-22-12-8-18(16-24(22)30-25(21)26)6-10-20-4-2-14-28-20/h1-16H. The molecule has 0 N–H and O–H groups in total. The number of thiophene rings is 4. The molecule has 0 fully saturated rings. The van der Waals surface area contributed by atoms with E-state index in [4.69, 9.17) is 0 Å². The highest BCUT2D eigenvalue weighted by molar-refractivity contribution is 7.36. The third-order valence-electron chi connectivity index (χ3n) is 5.10. The Morgan fingerprint density at radius 3 is 1.47 bits per heavy atom. The lowest BCUT2D eigenvalue weighted by molar-refractivity contribution is 1.78. The van der Waals surface area contributed by atoms with E-state index >= 15 is 0 Å². The van der Waals surface area contributed by atoms with Crippen LogP contribution in [0.3, 0.4) is 0 Å². The fraction of sp³-hybridized carbons (Fsp3) is 0. The fourth-order valence-corrected chi connectivity index (χ4v) is 7.61. The Morgan fingerprint density at radius 1 is 0.533 bits per heavy atom. The summed E-state index contributed by atoms with van der Waals surface area (Å²) in [6.45, 7) is 0. The van der Waals surface area contributed by atoms with E-state index in [0.29, 0.717) is 0 Å². The molecule has 0 saturated heterocycles. The Balaban J connectivity index is 1.38. The van der Waals surface area contributed by atoms with Crippen molar-refractivity contribution in [1.82, 2.24) is 0 Å². The summed E-state index contributed by atoms with van der Waals surface area (Å²) in [6.07, 6.45) is 8.82. The van der Waals surface area contributed by atoms with Crippen LogP contribution < -0.4 is 0 Å². The molecule has 0 aliphatic rings. The fourth-order valence-electron chi connectivity index (χ4n) is 3.63. The van der Waals surface area contributed by atoms with Crippen LogP contribution in [0.1, 0.15) is 20.9 Å². The first kappa shape index (κ1) is 18.3. The van der Waals surface area contributed by atoms with Gasteiger partial charge in [0.2, 0.25) is 0 Å². The quantitative estimate of drug-likeness (QED) is 0.248. The zero-order chi connectivity index (χ0) is 19.9. The van der Waals surface area contributed by atoms with E-state index in [1.54, 1.807) is 22.7 Å². The molecule has 4 aromatic heterocycles. The van der Waals surface area contributed by atoms with Crippen molar-refractivity contribution in [1.29, 1.82) is 0 Å². The van der Waals surface area contributed by atoms with Gasteiger partial charge >= 0.3 is 0 Å². The van der Waals surface area contributed by atoms with Gasteiger partial charge in [0, 0.05) is 29.9 Å². The first-order valence-electron chi connectivity index (χ1n) is 9.65. The number of benzene rings is 2. The zero-order valence-electron chi connectivity index (χ0n) is 15.9. The van der Waals surface area contributed by atoms with Crippen LogP contribution in [0.15, 0.2) is 71.4 Å². The van der Waals surface area contributed by atoms with Crippen molar-refractivity contribution in [2.24, 2.45) is 0 Å². The van der Waals surface area contributed by atoms with Gasteiger partial charge in [-0.15, -0.1) is 45.3 Å². The van der Waals surface area contributed by atoms with E-state index < -0.39 is 0 Å². The summed E-state index contributed by atoms with van der Waals surface area (Å²) in [6, 6.07) is 22.2. The second-order valence-corrected chi connectivity index (χ2v) is 11.1. The Labute approximate surface area is 190 Å². The minimum atomic E-state index is 1.26. The van der Waals surface area contributed by atoms with Crippen LogP contribution in [-0.4, -0.2) is 0 Å². The zero-order valence-corrected chi connectivity index (χ0v) is 19.1. The van der Waals surface area contributed by atoms with Crippen LogP contribution in [0.2, 0.25) is 0 Å². The van der Waals surface area contributed by atoms with E-state index in [9.17, 15) is 0 Å². The third-order valence-corrected chi connectivity index (χ3v) is 9.27. The highest BCUT2D eigenvalue weighted by Crippen LogP contribution is 2.44. The van der Waals surface area contributed by atoms with Crippen LogP contribution in [0.4, 0.5) is 0 Å². The second-order valence-electron chi connectivity index (χ2n) is 7.07. The molecule has 6 aromatic rings. The van der Waals surface area contributed by atoms with Gasteiger partial charge < -0.3 is 0 Å². The highest BCUT2D eigenvalue weighted by Gasteiger charge is 2.12. The summed E-state index contributed by atoms with van der Waals surface area (Å²) in [5.41, 5.74) is 2.52. The van der Waals surface area contributed by atoms with Crippen LogP contribution in [0.25, 0.3) is 53.9 Å². The lowest BCUT2D eigenvalue weighted by Gasteiger charge is -1.96. The van der Waals surface area contributed by atoms with Crippen molar-refractivity contribution >= 4 is 99.2 Å². The largest absolute Gasteiger partial charge is 0.144 e. The molecule has 0 spiro atoms. The molecule has 6 rings (SSSR count). The molecule has 144 valence electrons. The van der Waals surface area contributed by atoms with Crippen LogP contribution in [0.5, 0.6) is 0 Å². The van der Waals surface area contributed by atoms with Gasteiger partial charge in [-0.3, -0.25) is 0 Å². The molecule has 4 heteroatoms. The molecule has 2 aromatic carbocycles. The van der Waals surface area contributed by atoms with Gasteiger partial charge in [0.15, 0.2) is 0 Å². The van der Waals surface area contributed by atoms with Gasteiger partial charge in [-0.25, -0.2) is 0 Å². The topological polar surface area (TPSA) is 0 Å². The summed E-state index contributed by atoms with van der Waals surface area (Å²) < 4.78 is 5.57. The third kappa shape index (κ3) is 3.36. The number of fused-ring (bicyclic) bond motifs is 5. The normalized spacial score (nSPS) is 12.4. The van der Waals surface area contributed by atoms with Crippen molar-refractivity contribution in [2.45, 2.75) is 0 Å². The summed E-state index contributed by atoms with van der Waals surface area (Å²) in [4.78, 5) is 2.58. The molecule has 0 aliphatic heterocycles. The van der Waals surface area contributed by atoms with Crippen molar-refractivity contribution in [2.75, 3.05) is 0 Å². The summed E-state index contributed by atoms with van der Waals surface area (Å²) in [5, 5.41) is 6.98. The molecule has 4 heterocycles. The molecule has 0 atom stereocenters.